The number of halogens is 2. The molecule has 0 atom stereocenters. The summed E-state index contributed by atoms with van der Waals surface area (Å²) in [5, 5.41) is 2.89. The third-order valence-electron chi connectivity index (χ3n) is 2.46. The highest BCUT2D eigenvalue weighted by Gasteiger charge is 2.11. The van der Waals surface area contributed by atoms with Crippen molar-refractivity contribution in [2.45, 2.75) is 6.92 Å². The molecule has 0 heterocycles. The van der Waals surface area contributed by atoms with E-state index in [4.69, 9.17) is 0 Å². The van der Waals surface area contributed by atoms with Gasteiger partial charge in [-0.2, -0.15) is 0 Å². The largest absolute Gasteiger partial charge is 0.320 e. The molecule has 0 saturated carbocycles. The lowest BCUT2D eigenvalue weighted by Crippen LogP contribution is -2.12. The molecular weight excluding hydrogens is 358 g/mol. The normalized spacial score (nSPS) is 10.2. The Kier molecular flexibility index (Phi) is 4.19. The van der Waals surface area contributed by atoms with Gasteiger partial charge in [0, 0.05) is 14.5 Å². The second-order valence-corrected chi connectivity index (χ2v) is 5.63. The van der Waals surface area contributed by atoms with E-state index in [9.17, 15) is 4.79 Å². The van der Waals surface area contributed by atoms with Gasteiger partial charge in [0.2, 0.25) is 0 Å². The smallest absolute Gasteiger partial charge is 0.255 e. The van der Waals surface area contributed by atoms with Crippen LogP contribution in [0.2, 0.25) is 0 Å². The lowest BCUT2D eigenvalue weighted by Gasteiger charge is -2.10. The van der Waals surface area contributed by atoms with Gasteiger partial charge < -0.3 is 5.32 Å². The van der Waals surface area contributed by atoms with Crippen molar-refractivity contribution in [1.29, 1.82) is 0 Å². The maximum absolute atomic E-state index is 12.1. The molecule has 18 heavy (non-hydrogen) atoms. The number of anilines is 1. The molecule has 0 aromatic heterocycles. The summed E-state index contributed by atoms with van der Waals surface area (Å²) in [5.41, 5.74) is 2.50. The molecule has 0 radical (unpaired) electrons. The molecule has 2 aromatic carbocycles. The molecule has 0 saturated heterocycles. The molecule has 92 valence electrons. The van der Waals surface area contributed by atoms with Crippen LogP contribution in [0, 0.1) is 6.92 Å². The number of nitrogens with one attached hydrogen (secondary N) is 1. The summed E-state index contributed by atoms with van der Waals surface area (Å²) in [6.07, 6.45) is 0. The van der Waals surface area contributed by atoms with Gasteiger partial charge in [-0.3, -0.25) is 4.79 Å². The Bertz CT molecular complexity index is 559. The minimum Gasteiger partial charge on any atom is -0.320 e. The Labute approximate surface area is 123 Å². The van der Waals surface area contributed by atoms with Crippen LogP contribution in [-0.2, 0) is 0 Å². The number of rotatable bonds is 2. The van der Waals surface area contributed by atoms with E-state index in [-0.39, 0.29) is 5.91 Å². The number of amides is 1. The van der Waals surface area contributed by atoms with Gasteiger partial charge in [-0.05, 0) is 68.6 Å². The van der Waals surface area contributed by atoms with Crippen molar-refractivity contribution in [1.82, 2.24) is 0 Å². The van der Waals surface area contributed by atoms with Gasteiger partial charge in [-0.15, -0.1) is 0 Å². The second-order valence-electron chi connectivity index (χ2n) is 3.92. The fourth-order valence-electron chi connectivity index (χ4n) is 1.59. The predicted molar refractivity (Wildman–Crippen MR) is 81.0 cm³/mol. The molecule has 0 spiro atoms. The van der Waals surface area contributed by atoms with Crippen LogP contribution in [0.1, 0.15) is 15.9 Å². The van der Waals surface area contributed by atoms with Crippen LogP contribution in [0.4, 0.5) is 5.69 Å². The molecule has 1 amide bonds. The molecule has 0 bridgehead atoms. The van der Waals surface area contributed by atoms with E-state index in [2.05, 4.69) is 37.2 Å². The van der Waals surface area contributed by atoms with E-state index < -0.39 is 0 Å². The maximum atomic E-state index is 12.1. The summed E-state index contributed by atoms with van der Waals surface area (Å²) in [5.74, 6) is -0.124. The zero-order chi connectivity index (χ0) is 13.1. The molecule has 2 nitrogen and oxygen atoms in total. The molecule has 0 aliphatic carbocycles. The van der Waals surface area contributed by atoms with Crippen LogP contribution in [0.5, 0.6) is 0 Å². The second kappa shape index (κ2) is 5.67. The van der Waals surface area contributed by atoms with Crippen LogP contribution >= 0.6 is 31.9 Å². The summed E-state index contributed by atoms with van der Waals surface area (Å²) >= 11 is 6.91. The quantitative estimate of drug-likeness (QED) is 0.812. The van der Waals surface area contributed by atoms with E-state index in [1.165, 1.54) is 0 Å². The Hall–Kier alpha value is -1.13. The lowest BCUT2D eigenvalue weighted by molar-refractivity contribution is 0.102. The Morgan fingerprint density at radius 3 is 2.17 bits per heavy atom. The Balaban J connectivity index is 2.28. The van der Waals surface area contributed by atoms with Gasteiger partial charge >= 0.3 is 0 Å². The first-order chi connectivity index (χ1) is 8.58. The standard InChI is InChI=1S/C14H11Br2NO/c1-9-7-11(15)13(12(16)8-9)17-14(18)10-5-3-2-4-6-10/h2-8H,1H3,(H,17,18). The maximum Gasteiger partial charge on any atom is 0.255 e. The fraction of sp³-hybridized carbons (Fsp3) is 0.0714. The zero-order valence-corrected chi connectivity index (χ0v) is 12.9. The van der Waals surface area contributed by atoms with Crippen molar-refractivity contribution in [3.8, 4) is 0 Å². The molecule has 0 aliphatic rings. The summed E-state index contributed by atoms with van der Waals surface area (Å²) < 4.78 is 1.72. The lowest BCUT2D eigenvalue weighted by atomic mass is 10.2. The van der Waals surface area contributed by atoms with Gasteiger partial charge in [-0.1, -0.05) is 18.2 Å². The highest BCUT2D eigenvalue weighted by Crippen LogP contribution is 2.32. The number of carbonyl (C=O) groups excluding carboxylic acids is 1. The number of hydrogen-bond acceptors (Lipinski definition) is 1. The topological polar surface area (TPSA) is 29.1 Å². The van der Waals surface area contributed by atoms with Gasteiger partial charge in [-0.25, -0.2) is 0 Å². The van der Waals surface area contributed by atoms with Crippen molar-refractivity contribution in [2.75, 3.05) is 5.32 Å². The molecule has 2 rings (SSSR count). The van der Waals surface area contributed by atoms with Crippen LogP contribution < -0.4 is 5.32 Å². The Morgan fingerprint density at radius 1 is 1.06 bits per heavy atom. The summed E-state index contributed by atoms with van der Waals surface area (Å²) in [7, 11) is 0. The van der Waals surface area contributed by atoms with Crippen molar-refractivity contribution in [2.24, 2.45) is 0 Å². The predicted octanol–water partition coefficient (Wildman–Crippen LogP) is 4.77. The van der Waals surface area contributed by atoms with E-state index in [0.29, 0.717) is 5.56 Å². The first-order valence-corrected chi connectivity index (χ1v) is 6.98. The van der Waals surface area contributed by atoms with Crippen molar-refractivity contribution >= 4 is 43.5 Å². The van der Waals surface area contributed by atoms with Crippen molar-refractivity contribution in [3.05, 3.63) is 62.5 Å². The van der Waals surface area contributed by atoms with Crippen LogP contribution in [0.3, 0.4) is 0 Å². The van der Waals surface area contributed by atoms with E-state index in [1.807, 2.05) is 37.3 Å². The van der Waals surface area contributed by atoms with Crippen molar-refractivity contribution < 1.29 is 4.79 Å². The molecule has 0 unspecified atom stereocenters. The highest BCUT2D eigenvalue weighted by molar-refractivity contribution is 9.11. The first kappa shape index (κ1) is 13.3. The van der Waals surface area contributed by atoms with Crippen LogP contribution in [0.15, 0.2) is 51.4 Å². The van der Waals surface area contributed by atoms with Crippen LogP contribution in [0.25, 0.3) is 0 Å². The fourth-order valence-corrected chi connectivity index (χ4v) is 3.21. The first-order valence-electron chi connectivity index (χ1n) is 5.40. The van der Waals surface area contributed by atoms with E-state index >= 15 is 0 Å². The average molecular weight is 369 g/mol. The zero-order valence-electron chi connectivity index (χ0n) is 9.71. The molecule has 4 heteroatoms. The summed E-state index contributed by atoms with van der Waals surface area (Å²) in [4.78, 5) is 12.1. The minimum absolute atomic E-state index is 0.124. The van der Waals surface area contributed by atoms with Gasteiger partial charge in [0.05, 0.1) is 5.69 Å². The highest BCUT2D eigenvalue weighted by atomic mass is 79.9. The van der Waals surface area contributed by atoms with Gasteiger partial charge in [0.15, 0.2) is 0 Å². The third-order valence-corrected chi connectivity index (χ3v) is 3.71. The molecular formula is C14H11Br2NO. The Morgan fingerprint density at radius 2 is 1.61 bits per heavy atom. The number of aryl methyl sites for hydroxylation is 1. The van der Waals surface area contributed by atoms with Gasteiger partial charge in [0.1, 0.15) is 0 Å². The van der Waals surface area contributed by atoms with Gasteiger partial charge in [0.25, 0.3) is 5.91 Å². The van der Waals surface area contributed by atoms with Crippen LogP contribution in [-0.4, -0.2) is 5.91 Å². The number of hydrogen-bond donors (Lipinski definition) is 1. The van der Waals surface area contributed by atoms with E-state index in [0.717, 1.165) is 20.2 Å². The van der Waals surface area contributed by atoms with E-state index in [1.54, 1.807) is 12.1 Å². The average Bonchev–Trinajstić information content (AvgIpc) is 2.34. The number of benzene rings is 2. The monoisotopic (exact) mass is 367 g/mol. The SMILES string of the molecule is Cc1cc(Br)c(NC(=O)c2ccccc2)c(Br)c1. The number of carbonyl (C=O) groups is 1. The summed E-state index contributed by atoms with van der Waals surface area (Å²) in [6.45, 7) is 2.00. The molecule has 2 aromatic rings. The third kappa shape index (κ3) is 3.00. The molecule has 0 fully saturated rings. The molecule has 1 N–H and O–H groups in total. The minimum atomic E-state index is -0.124. The summed E-state index contributed by atoms with van der Waals surface area (Å²) in [6, 6.07) is 13.1. The molecule has 0 aliphatic heterocycles. The van der Waals surface area contributed by atoms with Crippen molar-refractivity contribution in [3.63, 3.8) is 0 Å².